The van der Waals surface area contributed by atoms with Crippen molar-refractivity contribution in [1.82, 2.24) is 9.55 Å². The molecule has 1 aromatic heterocycles. The number of aromatic nitrogens is 2. The molecule has 0 spiro atoms. The van der Waals surface area contributed by atoms with Gasteiger partial charge in [-0.1, -0.05) is 48.5 Å². The van der Waals surface area contributed by atoms with E-state index in [0.29, 0.717) is 13.0 Å². The predicted molar refractivity (Wildman–Crippen MR) is 136 cm³/mol. The van der Waals surface area contributed by atoms with Gasteiger partial charge in [-0.25, -0.2) is 4.98 Å². The molecule has 0 unspecified atom stereocenters. The first-order chi connectivity index (χ1) is 16.7. The maximum absolute atomic E-state index is 6.07. The number of fused-ring (bicyclic) bond motifs is 2. The number of para-hydroxylation sites is 2. The fraction of sp³-hybridized carbons (Fsp3) is 0.207. The number of rotatable bonds is 9. The van der Waals surface area contributed by atoms with E-state index in [2.05, 4.69) is 65.2 Å². The Balaban J connectivity index is 1.31. The third-order valence-corrected chi connectivity index (χ3v) is 6.06. The van der Waals surface area contributed by atoms with Crippen LogP contribution in [0.3, 0.4) is 0 Å². The van der Waals surface area contributed by atoms with Crippen molar-refractivity contribution in [2.75, 3.05) is 20.8 Å². The van der Waals surface area contributed by atoms with E-state index in [-0.39, 0.29) is 0 Å². The van der Waals surface area contributed by atoms with Gasteiger partial charge in [-0.2, -0.15) is 0 Å². The zero-order chi connectivity index (χ0) is 23.3. The Morgan fingerprint density at radius 1 is 0.765 bits per heavy atom. The van der Waals surface area contributed by atoms with Gasteiger partial charge in [-0.05, 0) is 59.2 Å². The summed E-state index contributed by atoms with van der Waals surface area (Å²) in [6, 6.07) is 28.9. The molecule has 5 heteroatoms. The lowest BCUT2D eigenvalue weighted by atomic mass is 10.1. The van der Waals surface area contributed by atoms with Crippen LogP contribution in [0.2, 0.25) is 0 Å². The molecule has 0 saturated heterocycles. The van der Waals surface area contributed by atoms with Crippen molar-refractivity contribution in [3.63, 3.8) is 0 Å². The van der Waals surface area contributed by atoms with Crippen LogP contribution in [-0.2, 0) is 13.0 Å². The lowest BCUT2D eigenvalue weighted by Crippen LogP contribution is -2.08. The van der Waals surface area contributed by atoms with Gasteiger partial charge in [0.2, 0.25) is 0 Å². The maximum atomic E-state index is 6.07. The highest BCUT2D eigenvalue weighted by Crippen LogP contribution is 2.29. The molecule has 0 N–H and O–H groups in total. The van der Waals surface area contributed by atoms with Crippen molar-refractivity contribution in [3.8, 4) is 17.2 Å². The third-order valence-electron chi connectivity index (χ3n) is 6.06. The first-order valence-corrected chi connectivity index (χ1v) is 11.5. The summed E-state index contributed by atoms with van der Waals surface area (Å²) < 4.78 is 19.2. The molecule has 34 heavy (non-hydrogen) atoms. The summed E-state index contributed by atoms with van der Waals surface area (Å²) in [6.07, 6.45) is 1.59. The molecule has 0 aliphatic rings. The van der Waals surface area contributed by atoms with Crippen LogP contribution in [0.1, 0.15) is 17.8 Å². The van der Waals surface area contributed by atoms with Crippen LogP contribution in [0.15, 0.2) is 84.9 Å². The lowest BCUT2D eigenvalue weighted by molar-refractivity contribution is 0.302. The average Bonchev–Trinajstić information content (AvgIpc) is 3.23. The van der Waals surface area contributed by atoms with Gasteiger partial charge in [-0.3, -0.25) is 0 Å². The fourth-order valence-electron chi connectivity index (χ4n) is 4.35. The van der Waals surface area contributed by atoms with E-state index in [1.54, 1.807) is 14.2 Å². The molecule has 0 bridgehead atoms. The number of aryl methyl sites for hydroxylation is 1. The van der Waals surface area contributed by atoms with Crippen molar-refractivity contribution in [1.29, 1.82) is 0 Å². The minimum Gasteiger partial charge on any atom is -0.494 e. The lowest BCUT2D eigenvalue weighted by Gasteiger charge is -2.12. The minimum absolute atomic E-state index is 0.640. The van der Waals surface area contributed by atoms with Gasteiger partial charge in [0.1, 0.15) is 11.6 Å². The fourth-order valence-corrected chi connectivity index (χ4v) is 4.35. The van der Waals surface area contributed by atoms with Gasteiger partial charge in [0.15, 0.2) is 11.5 Å². The van der Waals surface area contributed by atoms with Crippen LogP contribution in [0.25, 0.3) is 21.8 Å². The van der Waals surface area contributed by atoms with Crippen molar-refractivity contribution >= 4 is 21.8 Å². The quantitative estimate of drug-likeness (QED) is 0.247. The summed E-state index contributed by atoms with van der Waals surface area (Å²) in [5.41, 5.74) is 3.28. The standard InChI is InChI=1S/C29H28N2O3/c1-32-27-15-12-21(18-28(27)33-2)19-29-30-25-10-5-6-11-26(25)31(29)16-7-17-34-24-14-13-22-8-3-4-9-23(22)20-24/h3-6,8-15,18,20H,7,16-17,19H2,1-2H3. The van der Waals surface area contributed by atoms with Crippen LogP contribution >= 0.6 is 0 Å². The topological polar surface area (TPSA) is 45.5 Å². The maximum Gasteiger partial charge on any atom is 0.161 e. The molecule has 0 radical (unpaired) electrons. The predicted octanol–water partition coefficient (Wildman–Crippen LogP) is 6.27. The van der Waals surface area contributed by atoms with Gasteiger partial charge < -0.3 is 18.8 Å². The number of benzene rings is 4. The van der Waals surface area contributed by atoms with E-state index >= 15 is 0 Å². The van der Waals surface area contributed by atoms with Crippen molar-refractivity contribution < 1.29 is 14.2 Å². The summed E-state index contributed by atoms with van der Waals surface area (Å²) in [4.78, 5) is 4.93. The number of hydrogen-bond acceptors (Lipinski definition) is 4. The molecular weight excluding hydrogens is 424 g/mol. The minimum atomic E-state index is 0.640. The largest absolute Gasteiger partial charge is 0.494 e. The van der Waals surface area contributed by atoms with Gasteiger partial charge in [0.05, 0.1) is 31.9 Å². The van der Waals surface area contributed by atoms with Crippen molar-refractivity contribution in [2.24, 2.45) is 0 Å². The Morgan fingerprint density at radius 2 is 1.56 bits per heavy atom. The first kappa shape index (κ1) is 21.8. The summed E-state index contributed by atoms with van der Waals surface area (Å²) in [5, 5.41) is 2.41. The van der Waals surface area contributed by atoms with Crippen LogP contribution in [0.5, 0.6) is 17.2 Å². The molecule has 0 aliphatic heterocycles. The molecule has 1 heterocycles. The van der Waals surface area contributed by atoms with Gasteiger partial charge >= 0.3 is 0 Å². The molecule has 0 fully saturated rings. The smallest absolute Gasteiger partial charge is 0.161 e. The Morgan fingerprint density at radius 3 is 2.41 bits per heavy atom. The van der Waals surface area contributed by atoms with E-state index in [9.17, 15) is 0 Å². The van der Waals surface area contributed by atoms with E-state index in [0.717, 1.165) is 52.6 Å². The highest BCUT2D eigenvalue weighted by Gasteiger charge is 2.13. The number of hydrogen-bond donors (Lipinski definition) is 0. The number of nitrogens with zero attached hydrogens (tertiary/aromatic N) is 2. The second-order valence-electron chi connectivity index (χ2n) is 8.25. The molecule has 0 aliphatic carbocycles. The summed E-state index contributed by atoms with van der Waals surface area (Å²) in [5.74, 6) is 3.39. The van der Waals surface area contributed by atoms with Gasteiger partial charge in [0, 0.05) is 13.0 Å². The molecule has 172 valence electrons. The molecule has 0 saturated carbocycles. The third kappa shape index (κ3) is 4.55. The molecular formula is C29H28N2O3. The van der Waals surface area contributed by atoms with Crippen LogP contribution in [-0.4, -0.2) is 30.4 Å². The van der Waals surface area contributed by atoms with E-state index in [1.165, 1.54) is 10.8 Å². The highest BCUT2D eigenvalue weighted by atomic mass is 16.5. The normalized spacial score (nSPS) is 11.1. The highest BCUT2D eigenvalue weighted by molar-refractivity contribution is 5.83. The average molecular weight is 453 g/mol. The Labute approximate surface area is 199 Å². The van der Waals surface area contributed by atoms with Crippen LogP contribution in [0, 0.1) is 0 Å². The SMILES string of the molecule is COc1ccc(Cc2nc3ccccc3n2CCCOc2ccc3ccccc3c2)cc1OC. The summed E-state index contributed by atoms with van der Waals surface area (Å²) in [6.45, 7) is 1.47. The Kier molecular flexibility index (Phi) is 6.34. The van der Waals surface area contributed by atoms with Crippen molar-refractivity contribution in [3.05, 3.63) is 96.3 Å². The van der Waals surface area contributed by atoms with Crippen LogP contribution in [0.4, 0.5) is 0 Å². The molecule has 5 nitrogen and oxygen atoms in total. The molecule has 5 rings (SSSR count). The molecule has 5 aromatic rings. The van der Waals surface area contributed by atoms with E-state index in [4.69, 9.17) is 19.2 Å². The van der Waals surface area contributed by atoms with Crippen molar-refractivity contribution in [2.45, 2.75) is 19.4 Å². The molecule has 0 atom stereocenters. The molecule has 4 aromatic carbocycles. The molecule has 0 amide bonds. The van der Waals surface area contributed by atoms with E-state index < -0.39 is 0 Å². The second kappa shape index (κ2) is 9.87. The van der Waals surface area contributed by atoms with Crippen LogP contribution < -0.4 is 14.2 Å². The Hall–Kier alpha value is -3.99. The summed E-state index contributed by atoms with van der Waals surface area (Å²) >= 11 is 0. The second-order valence-corrected chi connectivity index (χ2v) is 8.25. The number of ether oxygens (including phenoxy) is 3. The van der Waals surface area contributed by atoms with Gasteiger partial charge in [-0.15, -0.1) is 0 Å². The number of methoxy groups -OCH3 is 2. The first-order valence-electron chi connectivity index (χ1n) is 11.5. The summed E-state index contributed by atoms with van der Waals surface area (Å²) in [7, 11) is 3.31. The van der Waals surface area contributed by atoms with Gasteiger partial charge in [0.25, 0.3) is 0 Å². The van der Waals surface area contributed by atoms with E-state index in [1.807, 2.05) is 24.3 Å². The zero-order valence-corrected chi connectivity index (χ0v) is 19.5. The monoisotopic (exact) mass is 452 g/mol. The Bertz CT molecular complexity index is 1420. The number of imidazole rings is 1. The zero-order valence-electron chi connectivity index (χ0n) is 19.5.